The first-order chi connectivity index (χ1) is 7.88. The number of aromatic nitrogens is 4. The van der Waals surface area contributed by atoms with Crippen LogP contribution in [0.1, 0.15) is 30.1 Å². The third-order valence-corrected chi connectivity index (χ3v) is 2.61. The summed E-state index contributed by atoms with van der Waals surface area (Å²) in [6.07, 6.45) is 7.33. The fraction of sp³-hybridized carbons (Fsp3) is 0.273. The standard InChI is InChI=1S/C11H9N5/c12-7-10-11(14-5-4-13-10)16-6-3-9(15-16)8-1-2-8/h3-6,8H,1-2H2. The largest absolute Gasteiger partial charge is 0.240 e. The number of nitrogens with zero attached hydrogens (tertiary/aromatic N) is 5. The van der Waals surface area contributed by atoms with E-state index in [4.69, 9.17) is 5.26 Å². The Bertz CT molecular complexity index is 562. The molecule has 2 aromatic rings. The van der Waals surface area contributed by atoms with Gasteiger partial charge in [0.05, 0.1) is 5.69 Å². The maximum atomic E-state index is 8.91. The predicted molar refractivity (Wildman–Crippen MR) is 55.8 cm³/mol. The quantitative estimate of drug-likeness (QED) is 0.753. The van der Waals surface area contributed by atoms with Crippen LogP contribution in [0, 0.1) is 11.3 Å². The van der Waals surface area contributed by atoms with Gasteiger partial charge in [0.15, 0.2) is 11.5 Å². The van der Waals surface area contributed by atoms with Crippen molar-refractivity contribution in [1.29, 1.82) is 5.26 Å². The lowest BCUT2D eigenvalue weighted by molar-refractivity contribution is 0.802. The first-order valence-electron chi connectivity index (χ1n) is 5.15. The molecule has 5 heteroatoms. The van der Waals surface area contributed by atoms with Gasteiger partial charge in [0.2, 0.25) is 0 Å². The first kappa shape index (κ1) is 9.04. The van der Waals surface area contributed by atoms with E-state index in [1.807, 2.05) is 18.3 Å². The zero-order valence-corrected chi connectivity index (χ0v) is 8.54. The van der Waals surface area contributed by atoms with Crippen LogP contribution in [0.4, 0.5) is 0 Å². The van der Waals surface area contributed by atoms with Crippen LogP contribution in [0.15, 0.2) is 24.7 Å². The lowest BCUT2D eigenvalue weighted by Gasteiger charge is -2.00. The molecular weight excluding hydrogens is 202 g/mol. The molecule has 0 saturated heterocycles. The van der Waals surface area contributed by atoms with Crippen LogP contribution in [0.25, 0.3) is 5.82 Å². The van der Waals surface area contributed by atoms with Crippen molar-refractivity contribution in [2.24, 2.45) is 0 Å². The smallest absolute Gasteiger partial charge is 0.190 e. The highest BCUT2D eigenvalue weighted by molar-refractivity contribution is 5.36. The van der Waals surface area contributed by atoms with Crippen molar-refractivity contribution in [3.8, 4) is 11.9 Å². The molecule has 0 atom stereocenters. The third kappa shape index (κ3) is 1.44. The molecule has 0 amide bonds. The Morgan fingerprint density at radius 1 is 1.31 bits per heavy atom. The molecule has 2 heterocycles. The van der Waals surface area contributed by atoms with E-state index in [2.05, 4.69) is 15.1 Å². The van der Waals surface area contributed by atoms with Crippen LogP contribution >= 0.6 is 0 Å². The molecule has 1 fully saturated rings. The van der Waals surface area contributed by atoms with Crippen molar-refractivity contribution in [2.45, 2.75) is 18.8 Å². The van der Waals surface area contributed by atoms with E-state index in [9.17, 15) is 0 Å². The first-order valence-corrected chi connectivity index (χ1v) is 5.15. The Balaban J connectivity index is 2.04. The number of rotatable bonds is 2. The number of hydrogen-bond acceptors (Lipinski definition) is 4. The molecule has 0 bridgehead atoms. The SMILES string of the molecule is N#Cc1nccnc1-n1ccc(C2CC2)n1. The van der Waals surface area contributed by atoms with Crippen molar-refractivity contribution in [3.05, 3.63) is 36.0 Å². The molecule has 1 aliphatic rings. The van der Waals surface area contributed by atoms with Crippen molar-refractivity contribution < 1.29 is 0 Å². The summed E-state index contributed by atoms with van der Waals surface area (Å²) in [5.41, 5.74) is 1.38. The van der Waals surface area contributed by atoms with Gasteiger partial charge in [0, 0.05) is 24.5 Å². The van der Waals surface area contributed by atoms with Gasteiger partial charge in [-0.2, -0.15) is 10.4 Å². The maximum absolute atomic E-state index is 8.91. The molecule has 0 spiro atoms. The van der Waals surface area contributed by atoms with Crippen LogP contribution in [-0.2, 0) is 0 Å². The minimum Gasteiger partial charge on any atom is -0.240 e. The van der Waals surface area contributed by atoms with Crippen LogP contribution in [0.5, 0.6) is 0 Å². The van der Waals surface area contributed by atoms with E-state index in [1.165, 1.54) is 19.0 Å². The van der Waals surface area contributed by atoms with E-state index >= 15 is 0 Å². The molecule has 16 heavy (non-hydrogen) atoms. The van der Waals surface area contributed by atoms with E-state index in [0.29, 0.717) is 17.4 Å². The maximum Gasteiger partial charge on any atom is 0.190 e. The van der Waals surface area contributed by atoms with Crippen LogP contribution < -0.4 is 0 Å². The van der Waals surface area contributed by atoms with E-state index in [-0.39, 0.29) is 0 Å². The molecule has 0 radical (unpaired) electrons. The Morgan fingerprint density at radius 2 is 2.12 bits per heavy atom. The second-order valence-electron chi connectivity index (χ2n) is 3.80. The lowest BCUT2D eigenvalue weighted by Crippen LogP contribution is -2.03. The summed E-state index contributed by atoms with van der Waals surface area (Å²) in [5.74, 6) is 1.10. The van der Waals surface area contributed by atoms with E-state index in [0.717, 1.165) is 5.69 Å². The van der Waals surface area contributed by atoms with Gasteiger partial charge in [-0.05, 0) is 18.9 Å². The van der Waals surface area contributed by atoms with Gasteiger partial charge in [-0.15, -0.1) is 0 Å². The van der Waals surface area contributed by atoms with Gasteiger partial charge >= 0.3 is 0 Å². The van der Waals surface area contributed by atoms with Crippen LogP contribution in [-0.4, -0.2) is 19.7 Å². The monoisotopic (exact) mass is 211 g/mol. The Morgan fingerprint density at radius 3 is 2.88 bits per heavy atom. The highest BCUT2D eigenvalue weighted by Crippen LogP contribution is 2.38. The number of nitriles is 1. The van der Waals surface area contributed by atoms with Crippen molar-refractivity contribution >= 4 is 0 Å². The molecule has 0 aliphatic heterocycles. The summed E-state index contributed by atoms with van der Waals surface area (Å²) >= 11 is 0. The van der Waals surface area contributed by atoms with Gasteiger partial charge in [0.25, 0.3) is 0 Å². The molecule has 0 aromatic carbocycles. The Kier molecular flexibility index (Phi) is 1.93. The second-order valence-corrected chi connectivity index (χ2v) is 3.80. The summed E-state index contributed by atoms with van der Waals surface area (Å²) in [6.45, 7) is 0. The molecule has 0 unspecified atom stereocenters. The van der Waals surface area contributed by atoms with Crippen LogP contribution in [0.3, 0.4) is 0 Å². The predicted octanol–water partition coefficient (Wildman–Crippen LogP) is 1.41. The third-order valence-electron chi connectivity index (χ3n) is 2.61. The summed E-state index contributed by atoms with van der Waals surface area (Å²) in [5, 5.41) is 13.3. The molecule has 3 rings (SSSR count). The fourth-order valence-electron chi connectivity index (χ4n) is 1.63. The summed E-state index contributed by atoms with van der Waals surface area (Å²) in [4.78, 5) is 8.09. The lowest BCUT2D eigenvalue weighted by atomic mass is 10.3. The average molecular weight is 211 g/mol. The van der Waals surface area contributed by atoms with Gasteiger partial charge in [0.1, 0.15) is 6.07 Å². The van der Waals surface area contributed by atoms with Crippen molar-refractivity contribution in [3.63, 3.8) is 0 Å². The Labute approximate surface area is 92.4 Å². The summed E-state index contributed by atoms with van der Waals surface area (Å²) in [7, 11) is 0. The van der Waals surface area contributed by atoms with E-state index in [1.54, 1.807) is 10.9 Å². The minimum absolute atomic E-state index is 0.299. The van der Waals surface area contributed by atoms with Crippen molar-refractivity contribution in [1.82, 2.24) is 19.7 Å². The van der Waals surface area contributed by atoms with Crippen molar-refractivity contribution in [2.75, 3.05) is 0 Å². The van der Waals surface area contributed by atoms with Gasteiger partial charge in [-0.25, -0.2) is 14.6 Å². The average Bonchev–Trinajstić information content (AvgIpc) is 3.07. The summed E-state index contributed by atoms with van der Waals surface area (Å²) in [6, 6.07) is 3.99. The van der Waals surface area contributed by atoms with Gasteiger partial charge in [-0.3, -0.25) is 0 Å². The highest BCUT2D eigenvalue weighted by Gasteiger charge is 2.26. The van der Waals surface area contributed by atoms with Gasteiger partial charge < -0.3 is 0 Å². The normalized spacial score (nSPS) is 14.7. The highest BCUT2D eigenvalue weighted by atomic mass is 15.3. The Hall–Kier alpha value is -2.22. The zero-order valence-electron chi connectivity index (χ0n) is 8.54. The van der Waals surface area contributed by atoms with E-state index < -0.39 is 0 Å². The molecule has 5 nitrogen and oxygen atoms in total. The summed E-state index contributed by atoms with van der Waals surface area (Å²) < 4.78 is 1.62. The molecular formula is C11H9N5. The molecule has 78 valence electrons. The second kappa shape index (κ2) is 3.42. The number of hydrogen-bond donors (Lipinski definition) is 0. The molecule has 1 saturated carbocycles. The minimum atomic E-state index is 0.299. The molecule has 1 aliphatic carbocycles. The fourth-order valence-corrected chi connectivity index (χ4v) is 1.63. The zero-order chi connectivity index (χ0) is 11.0. The molecule has 2 aromatic heterocycles. The van der Waals surface area contributed by atoms with Gasteiger partial charge in [-0.1, -0.05) is 0 Å². The topological polar surface area (TPSA) is 67.4 Å². The van der Waals surface area contributed by atoms with Crippen LogP contribution in [0.2, 0.25) is 0 Å². The molecule has 0 N–H and O–H groups in total.